The van der Waals surface area contributed by atoms with Crippen LogP contribution in [-0.2, 0) is 15.5 Å². The van der Waals surface area contributed by atoms with Crippen LogP contribution in [-0.4, -0.2) is 61.3 Å². The number of hydrogen-bond acceptors (Lipinski definition) is 6. The molecule has 0 aliphatic carbocycles. The lowest BCUT2D eigenvalue weighted by molar-refractivity contribution is 0.0188. The van der Waals surface area contributed by atoms with Gasteiger partial charge in [-0.05, 0) is 39.5 Å². The molecule has 1 unspecified atom stereocenters. The number of carbonyl (C=O) groups excluding carboxylic acids is 1. The second kappa shape index (κ2) is 9.13. The molecule has 8 nitrogen and oxygen atoms in total. The summed E-state index contributed by atoms with van der Waals surface area (Å²) in [6.45, 7) is 7.78. The fourth-order valence-corrected chi connectivity index (χ4v) is 3.74. The number of hydrogen-bond donors (Lipinski definition) is 1. The third-order valence-electron chi connectivity index (χ3n) is 4.46. The SMILES string of the molecule is CS(=O)c1cc(NCC2CCN(C(=O)OC(C)(C)C)CC2)nc2ccnn12.S. The van der Waals surface area contributed by atoms with Crippen molar-refractivity contribution in [3.05, 3.63) is 18.3 Å². The van der Waals surface area contributed by atoms with Gasteiger partial charge in [0.1, 0.15) is 16.4 Å². The number of likely N-dealkylation sites (tertiary alicyclic amines) is 1. The molecule has 28 heavy (non-hydrogen) atoms. The molecule has 156 valence electrons. The third-order valence-corrected chi connectivity index (χ3v) is 5.34. The fraction of sp³-hybridized carbons (Fsp3) is 0.611. The number of amides is 1. The summed E-state index contributed by atoms with van der Waals surface area (Å²) in [6, 6.07) is 3.58. The molecule has 10 heteroatoms. The van der Waals surface area contributed by atoms with E-state index >= 15 is 0 Å². The van der Waals surface area contributed by atoms with E-state index in [1.165, 1.54) is 0 Å². The maximum absolute atomic E-state index is 12.1. The molecule has 1 aliphatic heterocycles. The monoisotopic (exact) mass is 427 g/mol. The van der Waals surface area contributed by atoms with E-state index in [9.17, 15) is 9.00 Å². The van der Waals surface area contributed by atoms with Crippen molar-refractivity contribution in [2.24, 2.45) is 5.92 Å². The van der Waals surface area contributed by atoms with Crippen LogP contribution in [0.2, 0.25) is 0 Å². The lowest BCUT2D eigenvalue weighted by Gasteiger charge is -2.33. The van der Waals surface area contributed by atoms with E-state index in [-0.39, 0.29) is 19.6 Å². The van der Waals surface area contributed by atoms with Crippen LogP contribution in [0.1, 0.15) is 33.6 Å². The Morgan fingerprint density at radius 1 is 1.36 bits per heavy atom. The molecule has 0 bridgehead atoms. The molecule has 0 radical (unpaired) electrons. The number of ether oxygens (including phenoxy) is 1. The highest BCUT2D eigenvalue weighted by molar-refractivity contribution is 7.84. The highest BCUT2D eigenvalue weighted by atomic mass is 32.2. The topological polar surface area (TPSA) is 88.8 Å². The van der Waals surface area contributed by atoms with Crippen molar-refractivity contribution in [3.8, 4) is 0 Å². The Hall–Kier alpha value is -1.81. The van der Waals surface area contributed by atoms with Crippen molar-refractivity contribution in [1.82, 2.24) is 19.5 Å². The maximum atomic E-state index is 12.1. The number of fused-ring (bicyclic) bond motifs is 1. The molecule has 0 saturated carbocycles. The molecular weight excluding hydrogens is 398 g/mol. The summed E-state index contributed by atoms with van der Waals surface area (Å²) < 4.78 is 19.0. The Kier molecular flexibility index (Phi) is 7.33. The van der Waals surface area contributed by atoms with Crippen molar-refractivity contribution >= 4 is 41.9 Å². The summed E-state index contributed by atoms with van der Waals surface area (Å²) in [5.41, 5.74) is 0.204. The van der Waals surface area contributed by atoms with E-state index in [4.69, 9.17) is 4.74 Å². The Balaban J connectivity index is 0.00000280. The van der Waals surface area contributed by atoms with Gasteiger partial charge in [-0.1, -0.05) is 0 Å². The van der Waals surface area contributed by atoms with E-state index in [0.717, 1.165) is 19.4 Å². The largest absolute Gasteiger partial charge is 0.444 e. The van der Waals surface area contributed by atoms with E-state index in [1.54, 1.807) is 34.0 Å². The Labute approximate surface area is 174 Å². The first-order valence-corrected chi connectivity index (χ1v) is 10.7. The van der Waals surface area contributed by atoms with Crippen molar-refractivity contribution < 1.29 is 13.7 Å². The predicted molar refractivity (Wildman–Crippen MR) is 115 cm³/mol. The molecule has 1 fully saturated rings. The summed E-state index contributed by atoms with van der Waals surface area (Å²) in [6.07, 6.45) is 4.86. The zero-order valence-corrected chi connectivity index (χ0v) is 18.6. The summed E-state index contributed by atoms with van der Waals surface area (Å²) in [4.78, 5) is 18.4. The number of aromatic nitrogens is 3. The fourth-order valence-electron chi connectivity index (χ4n) is 3.07. The first-order valence-electron chi connectivity index (χ1n) is 9.13. The van der Waals surface area contributed by atoms with Crippen LogP contribution in [0.5, 0.6) is 0 Å². The molecule has 1 N–H and O–H groups in total. The first kappa shape index (κ1) is 22.5. The second-order valence-corrected chi connectivity index (χ2v) is 9.15. The summed E-state index contributed by atoms with van der Waals surface area (Å²) >= 11 is 0. The van der Waals surface area contributed by atoms with Crippen LogP contribution in [0.25, 0.3) is 5.65 Å². The molecular formula is C18H29N5O3S2. The van der Waals surface area contributed by atoms with Gasteiger partial charge in [-0.15, -0.1) is 0 Å². The molecule has 1 aliphatic rings. The summed E-state index contributed by atoms with van der Waals surface area (Å²) in [7, 11) is -1.16. The maximum Gasteiger partial charge on any atom is 0.410 e. The van der Waals surface area contributed by atoms with Crippen LogP contribution in [0.3, 0.4) is 0 Å². The number of anilines is 1. The van der Waals surface area contributed by atoms with Gasteiger partial charge < -0.3 is 15.0 Å². The van der Waals surface area contributed by atoms with Gasteiger partial charge >= 0.3 is 6.09 Å². The summed E-state index contributed by atoms with van der Waals surface area (Å²) in [5.74, 6) is 1.14. The standard InChI is InChI=1S/C18H27N5O3S.H2S/c1-18(2,3)26-17(24)22-9-6-13(7-10-22)12-19-14-11-16(27(4)25)23-15(21-14)5-8-20-23;/h5,8,11,13H,6-7,9-10,12H2,1-4H3,(H,19,21);1H2. The number of nitrogens with zero attached hydrogens (tertiary/aromatic N) is 4. The smallest absolute Gasteiger partial charge is 0.410 e. The van der Waals surface area contributed by atoms with E-state index in [2.05, 4.69) is 15.4 Å². The molecule has 2 aromatic rings. The summed E-state index contributed by atoms with van der Waals surface area (Å²) in [5, 5.41) is 8.14. The minimum Gasteiger partial charge on any atom is -0.444 e. The molecule has 1 amide bonds. The first-order chi connectivity index (χ1) is 12.7. The Morgan fingerprint density at radius 2 is 2.04 bits per heavy atom. The van der Waals surface area contributed by atoms with Crippen LogP contribution in [0, 0.1) is 5.92 Å². The van der Waals surface area contributed by atoms with Gasteiger partial charge in [0.2, 0.25) is 0 Å². The number of nitrogens with one attached hydrogen (secondary N) is 1. The van der Waals surface area contributed by atoms with Gasteiger partial charge in [0.15, 0.2) is 5.65 Å². The zero-order chi connectivity index (χ0) is 19.6. The van der Waals surface area contributed by atoms with Crippen molar-refractivity contribution in [2.45, 2.75) is 44.2 Å². The normalized spacial score (nSPS) is 16.5. The Morgan fingerprint density at radius 3 is 2.64 bits per heavy atom. The highest BCUT2D eigenvalue weighted by Gasteiger charge is 2.26. The zero-order valence-electron chi connectivity index (χ0n) is 16.8. The average molecular weight is 428 g/mol. The number of rotatable bonds is 4. The molecule has 2 aromatic heterocycles. The van der Waals surface area contributed by atoms with Gasteiger partial charge in [-0.3, -0.25) is 4.21 Å². The molecule has 1 saturated heterocycles. The lowest BCUT2D eigenvalue weighted by atomic mass is 9.97. The third kappa shape index (κ3) is 5.60. The van der Waals surface area contributed by atoms with Crippen LogP contribution in [0.15, 0.2) is 23.4 Å². The van der Waals surface area contributed by atoms with Gasteiger partial charge in [0, 0.05) is 38.0 Å². The average Bonchev–Trinajstić information content (AvgIpc) is 3.06. The quantitative estimate of drug-likeness (QED) is 0.755. The lowest BCUT2D eigenvalue weighted by Crippen LogP contribution is -2.42. The van der Waals surface area contributed by atoms with Crippen molar-refractivity contribution in [2.75, 3.05) is 31.2 Å². The molecule has 3 rings (SSSR count). The van der Waals surface area contributed by atoms with E-state index < -0.39 is 16.4 Å². The molecule has 3 heterocycles. The Bertz CT molecular complexity index is 841. The van der Waals surface area contributed by atoms with Gasteiger partial charge in [0.05, 0.1) is 17.0 Å². The van der Waals surface area contributed by atoms with E-state index in [0.29, 0.717) is 35.5 Å². The van der Waals surface area contributed by atoms with Crippen LogP contribution in [0.4, 0.5) is 10.6 Å². The molecule has 0 spiro atoms. The van der Waals surface area contributed by atoms with Crippen molar-refractivity contribution in [3.63, 3.8) is 0 Å². The van der Waals surface area contributed by atoms with Gasteiger partial charge in [-0.25, -0.2) is 14.3 Å². The minimum absolute atomic E-state index is 0. The second-order valence-electron chi connectivity index (χ2n) is 7.83. The van der Waals surface area contributed by atoms with Crippen LogP contribution >= 0.6 is 13.5 Å². The predicted octanol–water partition coefficient (Wildman–Crippen LogP) is 2.64. The molecule has 1 atom stereocenters. The highest BCUT2D eigenvalue weighted by Crippen LogP contribution is 2.21. The van der Waals surface area contributed by atoms with Gasteiger partial charge in [-0.2, -0.15) is 18.6 Å². The van der Waals surface area contributed by atoms with E-state index in [1.807, 2.05) is 20.8 Å². The minimum atomic E-state index is -1.16. The molecule has 0 aromatic carbocycles. The van der Waals surface area contributed by atoms with Crippen molar-refractivity contribution in [1.29, 1.82) is 0 Å². The van der Waals surface area contributed by atoms with Gasteiger partial charge in [0.25, 0.3) is 0 Å². The number of piperidine rings is 1. The number of carbonyl (C=O) groups is 1. The van der Waals surface area contributed by atoms with Crippen LogP contribution < -0.4 is 5.32 Å².